The topological polar surface area (TPSA) is 123 Å². The van der Waals surface area contributed by atoms with E-state index in [1.54, 1.807) is 22.0 Å². The van der Waals surface area contributed by atoms with Crippen LogP contribution in [0, 0.1) is 19.8 Å². The average Bonchev–Trinajstić information content (AvgIpc) is 3.43. The van der Waals surface area contributed by atoms with Gasteiger partial charge in [0.25, 0.3) is 0 Å². The van der Waals surface area contributed by atoms with Crippen LogP contribution in [0.3, 0.4) is 0 Å². The minimum atomic E-state index is -0.653. The highest BCUT2D eigenvalue weighted by molar-refractivity contribution is 9.10. The Morgan fingerprint density at radius 3 is 2.48 bits per heavy atom. The van der Waals surface area contributed by atoms with Gasteiger partial charge >= 0.3 is 0 Å². The smallest absolute Gasteiger partial charge is 0.248 e. The first-order chi connectivity index (χ1) is 19.0. The van der Waals surface area contributed by atoms with Crippen molar-refractivity contribution in [2.75, 3.05) is 5.32 Å². The van der Waals surface area contributed by atoms with E-state index in [1.165, 1.54) is 6.92 Å². The average molecular weight is 605 g/mol. The molecule has 0 saturated carbocycles. The number of ketones is 1. The van der Waals surface area contributed by atoms with E-state index in [-0.39, 0.29) is 41.8 Å². The molecule has 11 heteroatoms. The number of halogens is 1. The van der Waals surface area contributed by atoms with Crippen LogP contribution in [0.5, 0.6) is 0 Å². The van der Waals surface area contributed by atoms with Gasteiger partial charge in [-0.05, 0) is 78.4 Å². The Morgan fingerprint density at radius 2 is 1.77 bits per heavy atom. The van der Waals surface area contributed by atoms with Crippen LogP contribution in [0.4, 0.5) is 5.82 Å². The fourth-order valence-corrected chi connectivity index (χ4v) is 5.49. The van der Waals surface area contributed by atoms with Crippen molar-refractivity contribution < 1.29 is 14.4 Å². The number of amides is 2. The maximum atomic E-state index is 13.8. The second kappa shape index (κ2) is 10.9. The third kappa shape index (κ3) is 5.25. The van der Waals surface area contributed by atoms with Gasteiger partial charge in [-0.3, -0.25) is 19.1 Å². The highest BCUT2D eigenvalue weighted by atomic mass is 79.9. The number of pyridine rings is 1. The van der Waals surface area contributed by atoms with Crippen molar-refractivity contribution in [3.63, 3.8) is 0 Å². The van der Waals surface area contributed by atoms with Crippen molar-refractivity contribution in [2.24, 2.45) is 5.92 Å². The first-order valence-electron chi connectivity index (χ1n) is 13.1. The molecule has 1 aromatic carbocycles. The molecular formula is C29H30BrN7O3. The number of nitrogens with zero attached hydrogens (tertiary/aromatic N) is 6. The third-order valence-corrected chi connectivity index (χ3v) is 8.01. The van der Waals surface area contributed by atoms with Gasteiger partial charge in [-0.25, -0.2) is 15.0 Å². The number of benzene rings is 1. The van der Waals surface area contributed by atoms with Gasteiger partial charge in [0, 0.05) is 36.3 Å². The Labute approximate surface area is 240 Å². The standard InChI is InChI=1S/C29H30BrN7O3/c1-15-6-9-25(30)33-28(15)34-29(40)24-10-16(2)17(3)37(24)26(39)14-36-23-8-7-20(21-12-31-19(5)32-13-21)11-22(23)27(35-36)18(4)38/h6-9,11-13,16-17,24H,10,14H2,1-5H3,(H,33,34,40)/t16-,17-,24-/m0/s1. The van der Waals surface area contributed by atoms with Crippen molar-refractivity contribution in [3.8, 4) is 11.1 Å². The fourth-order valence-electron chi connectivity index (χ4n) is 5.18. The Kier molecular flexibility index (Phi) is 7.50. The lowest BCUT2D eigenvalue weighted by molar-refractivity contribution is -0.139. The lowest BCUT2D eigenvalue weighted by Gasteiger charge is -2.28. The molecule has 2 amide bonds. The van der Waals surface area contributed by atoms with E-state index in [0.717, 1.165) is 16.7 Å². The number of anilines is 1. The summed E-state index contributed by atoms with van der Waals surface area (Å²) in [5, 5.41) is 8.08. The lowest BCUT2D eigenvalue weighted by Crippen LogP contribution is -2.47. The van der Waals surface area contributed by atoms with Crippen LogP contribution in [0.1, 0.15) is 49.1 Å². The Balaban J connectivity index is 1.44. The van der Waals surface area contributed by atoms with E-state index < -0.39 is 6.04 Å². The van der Waals surface area contributed by atoms with Crippen molar-refractivity contribution in [2.45, 2.75) is 59.7 Å². The van der Waals surface area contributed by atoms with Gasteiger partial charge in [0.05, 0.1) is 5.52 Å². The van der Waals surface area contributed by atoms with Crippen molar-refractivity contribution in [3.05, 3.63) is 64.4 Å². The minimum Gasteiger partial charge on any atom is -0.326 e. The molecule has 3 aromatic heterocycles. The Hall–Kier alpha value is -3.99. The number of likely N-dealkylation sites (tertiary alicyclic amines) is 1. The highest BCUT2D eigenvalue weighted by Gasteiger charge is 2.43. The first kappa shape index (κ1) is 27.6. The van der Waals surface area contributed by atoms with Crippen LogP contribution in [-0.2, 0) is 16.1 Å². The number of carbonyl (C=O) groups is 3. The van der Waals surface area contributed by atoms with Crippen molar-refractivity contribution in [1.82, 2.24) is 29.6 Å². The molecule has 1 aliphatic rings. The summed E-state index contributed by atoms with van der Waals surface area (Å²) in [5.41, 5.74) is 3.42. The first-order valence-corrected chi connectivity index (χ1v) is 13.9. The molecule has 206 valence electrons. The van der Waals surface area contributed by atoms with Crippen LogP contribution >= 0.6 is 15.9 Å². The number of rotatable bonds is 6. The Morgan fingerprint density at radius 1 is 1.05 bits per heavy atom. The van der Waals surface area contributed by atoms with Crippen molar-refractivity contribution >= 4 is 50.2 Å². The predicted octanol–water partition coefficient (Wildman–Crippen LogP) is 4.73. The Bertz CT molecular complexity index is 1630. The van der Waals surface area contributed by atoms with Crippen LogP contribution in [0.2, 0.25) is 0 Å². The summed E-state index contributed by atoms with van der Waals surface area (Å²) in [6.07, 6.45) is 4.00. The molecule has 1 aliphatic heterocycles. The van der Waals surface area contributed by atoms with Gasteiger partial charge in [0.1, 0.15) is 34.5 Å². The SMILES string of the molecule is CC(=O)c1nn(CC(=O)N2[C@H](C(=O)Nc3nc(Br)ccc3C)C[C@H](C)[C@@H]2C)c2ccc(-c3cnc(C)nc3)cc12. The molecule has 5 rings (SSSR count). The molecule has 3 atom stereocenters. The molecular weight excluding hydrogens is 574 g/mol. The van der Waals surface area contributed by atoms with Crippen LogP contribution in [-0.4, -0.2) is 59.3 Å². The molecule has 4 heterocycles. The quantitative estimate of drug-likeness (QED) is 0.249. The lowest BCUT2D eigenvalue weighted by atomic mass is 10.0. The summed E-state index contributed by atoms with van der Waals surface area (Å²) in [5.74, 6) is 0.520. The number of carbonyl (C=O) groups excluding carboxylic acids is 3. The zero-order chi connectivity index (χ0) is 28.7. The maximum absolute atomic E-state index is 13.8. The number of hydrogen-bond acceptors (Lipinski definition) is 7. The maximum Gasteiger partial charge on any atom is 0.248 e. The minimum absolute atomic E-state index is 0.105. The molecule has 0 spiro atoms. The number of hydrogen-bond donors (Lipinski definition) is 1. The van der Waals surface area contributed by atoms with E-state index in [0.29, 0.717) is 33.6 Å². The largest absolute Gasteiger partial charge is 0.326 e. The second-order valence-corrected chi connectivity index (χ2v) is 11.2. The zero-order valence-electron chi connectivity index (χ0n) is 23.0. The van der Waals surface area contributed by atoms with Crippen molar-refractivity contribution in [1.29, 1.82) is 0 Å². The molecule has 40 heavy (non-hydrogen) atoms. The molecule has 1 fully saturated rings. The van der Waals surface area contributed by atoms with Crippen LogP contribution in [0.25, 0.3) is 22.0 Å². The molecule has 10 nitrogen and oxygen atoms in total. The normalized spacial score (nSPS) is 18.8. The van der Waals surface area contributed by atoms with Gasteiger partial charge in [0.15, 0.2) is 5.78 Å². The summed E-state index contributed by atoms with van der Waals surface area (Å²) in [4.78, 5) is 54.2. The van der Waals surface area contributed by atoms with E-state index in [1.807, 2.05) is 58.0 Å². The van der Waals surface area contributed by atoms with E-state index >= 15 is 0 Å². The summed E-state index contributed by atoms with van der Waals surface area (Å²) < 4.78 is 2.16. The molecule has 1 N–H and O–H groups in total. The molecule has 0 radical (unpaired) electrons. The molecule has 0 bridgehead atoms. The van der Waals surface area contributed by atoms with Gasteiger partial charge in [-0.15, -0.1) is 0 Å². The van der Waals surface area contributed by atoms with Crippen LogP contribution in [0.15, 0.2) is 47.3 Å². The van der Waals surface area contributed by atoms with E-state index in [2.05, 4.69) is 41.3 Å². The molecule has 4 aromatic rings. The van der Waals surface area contributed by atoms with Crippen LogP contribution < -0.4 is 5.32 Å². The second-order valence-electron chi connectivity index (χ2n) is 10.4. The van der Waals surface area contributed by atoms with E-state index in [9.17, 15) is 14.4 Å². The number of fused-ring (bicyclic) bond motifs is 1. The zero-order valence-corrected chi connectivity index (χ0v) is 24.6. The molecule has 0 unspecified atom stereocenters. The number of nitrogens with one attached hydrogen (secondary N) is 1. The molecule has 0 aliphatic carbocycles. The van der Waals surface area contributed by atoms with E-state index in [4.69, 9.17) is 0 Å². The summed E-state index contributed by atoms with van der Waals surface area (Å²) in [6.45, 7) is 9.02. The summed E-state index contributed by atoms with van der Waals surface area (Å²) in [7, 11) is 0. The third-order valence-electron chi connectivity index (χ3n) is 7.57. The number of Topliss-reactive ketones (excluding diaryl/α,β-unsaturated/α-hetero) is 1. The van der Waals surface area contributed by atoms with Gasteiger partial charge < -0.3 is 10.2 Å². The molecule has 1 saturated heterocycles. The summed E-state index contributed by atoms with van der Waals surface area (Å²) >= 11 is 3.35. The predicted molar refractivity (Wildman–Crippen MR) is 155 cm³/mol. The highest BCUT2D eigenvalue weighted by Crippen LogP contribution is 2.32. The summed E-state index contributed by atoms with van der Waals surface area (Å²) in [6, 6.07) is 8.48. The number of aromatic nitrogens is 5. The number of aryl methyl sites for hydroxylation is 2. The monoisotopic (exact) mass is 603 g/mol. The van der Waals surface area contributed by atoms with Gasteiger partial charge in [-0.2, -0.15) is 5.10 Å². The fraction of sp³-hybridized carbons (Fsp3) is 0.345. The van der Waals surface area contributed by atoms with Gasteiger partial charge in [-0.1, -0.05) is 19.1 Å². The van der Waals surface area contributed by atoms with Gasteiger partial charge in [0.2, 0.25) is 11.8 Å².